The van der Waals surface area contributed by atoms with Crippen LogP contribution in [-0.2, 0) is 4.74 Å². The molecule has 1 N–H and O–H groups in total. The molecule has 128 valence electrons. The molecule has 0 aliphatic carbocycles. The van der Waals surface area contributed by atoms with Crippen LogP contribution in [0.5, 0.6) is 0 Å². The Kier molecular flexibility index (Phi) is 5.04. The normalized spacial score (nSPS) is 10.5. The molecule has 3 aromatic rings. The standard InChI is InChI=1S/C18H18N4O2S/c1-4-24-17(23)13-5-7-14(8-6-13)21-18-19-10-9-15(22-18)16-11(2)20-12(3)25-16/h5-10H,4H2,1-3H3,(H,19,21,22). The Hall–Kier alpha value is -2.80. The summed E-state index contributed by atoms with van der Waals surface area (Å²) in [5.74, 6) is 0.162. The zero-order chi connectivity index (χ0) is 17.8. The Bertz CT molecular complexity index is 890. The highest BCUT2D eigenvalue weighted by molar-refractivity contribution is 7.15. The highest BCUT2D eigenvalue weighted by Crippen LogP contribution is 2.28. The minimum Gasteiger partial charge on any atom is -0.462 e. The van der Waals surface area contributed by atoms with Crippen molar-refractivity contribution in [2.45, 2.75) is 20.8 Å². The molecule has 0 radical (unpaired) electrons. The molecule has 3 rings (SSSR count). The van der Waals surface area contributed by atoms with E-state index < -0.39 is 0 Å². The third-order valence-electron chi connectivity index (χ3n) is 3.44. The van der Waals surface area contributed by atoms with E-state index in [0.717, 1.165) is 27.0 Å². The van der Waals surface area contributed by atoms with Crippen LogP contribution in [0.1, 0.15) is 28.0 Å². The molecule has 6 nitrogen and oxygen atoms in total. The van der Waals surface area contributed by atoms with Crippen molar-refractivity contribution in [3.8, 4) is 10.6 Å². The summed E-state index contributed by atoms with van der Waals surface area (Å²) in [7, 11) is 0. The van der Waals surface area contributed by atoms with Crippen LogP contribution in [0.2, 0.25) is 0 Å². The van der Waals surface area contributed by atoms with Crippen LogP contribution < -0.4 is 5.32 Å². The van der Waals surface area contributed by atoms with Crippen LogP contribution in [0.3, 0.4) is 0 Å². The van der Waals surface area contributed by atoms with Gasteiger partial charge in [0.2, 0.25) is 5.95 Å². The van der Waals surface area contributed by atoms with Gasteiger partial charge in [0.15, 0.2) is 0 Å². The molecule has 1 aromatic carbocycles. The quantitative estimate of drug-likeness (QED) is 0.694. The van der Waals surface area contributed by atoms with Gasteiger partial charge in [-0.25, -0.2) is 19.7 Å². The minimum atomic E-state index is -0.330. The lowest BCUT2D eigenvalue weighted by atomic mass is 10.2. The largest absolute Gasteiger partial charge is 0.462 e. The van der Waals surface area contributed by atoms with Crippen molar-refractivity contribution < 1.29 is 9.53 Å². The van der Waals surface area contributed by atoms with Crippen molar-refractivity contribution in [2.24, 2.45) is 0 Å². The maximum Gasteiger partial charge on any atom is 0.338 e. The predicted molar refractivity (Wildman–Crippen MR) is 98.3 cm³/mol. The average Bonchev–Trinajstić information content (AvgIpc) is 2.94. The van der Waals surface area contributed by atoms with Crippen molar-refractivity contribution in [1.82, 2.24) is 15.0 Å². The third-order valence-corrected chi connectivity index (χ3v) is 4.54. The molecule has 0 unspecified atom stereocenters. The first-order chi connectivity index (χ1) is 12.1. The second-order valence-corrected chi connectivity index (χ2v) is 6.54. The number of carbonyl (C=O) groups excluding carboxylic acids is 1. The maximum atomic E-state index is 11.7. The number of carbonyl (C=O) groups is 1. The smallest absolute Gasteiger partial charge is 0.338 e. The molecule has 0 aliphatic rings. The molecule has 0 fully saturated rings. The minimum absolute atomic E-state index is 0.330. The van der Waals surface area contributed by atoms with E-state index in [4.69, 9.17) is 4.74 Å². The van der Waals surface area contributed by atoms with Gasteiger partial charge in [0, 0.05) is 11.9 Å². The Morgan fingerprint density at radius 1 is 1.16 bits per heavy atom. The van der Waals surface area contributed by atoms with Gasteiger partial charge in [0.1, 0.15) is 0 Å². The van der Waals surface area contributed by atoms with E-state index in [1.807, 2.05) is 19.9 Å². The third kappa shape index (κ3) is 4.00. The lowest BCUT2D eigenvalue weighted by Crippen LogP contribution is -2.04. The first-order valence-corrected chi connectivity index (χ1v) is 8.70. The molecule has 0 amide bonds. The van der Waals surface area contributed by atoms with Crippen molar-refractivity contribution in [2.75, 3.05) is 11.9 Å². The van der Waals surface area contributed by atoms with E-state index in [9.17, 15) is 4.79 Å². The first kappa shape index (κ1) is 17.0. The lowest BCUT2D eigenvalue weighted by molar-refractivity contribution is 0.0526. The van der Waals surface area contributed by atoms with Crippen molar-refractivity contribution in [1.29, 1.82) is 0 Å². The molecule has 0 saturated carbocycles. The van der Waals surface area contributed by atoms with E-state index in [-0.39, 0.29) is 5.97 Å². The van der Waals surface area contributed by atoms with Gasteiger partial charge in [-0.3, -0.25) is 0 Å². The maximum absolute atomic E-state index is 11.7. The van der Waals surface area contributed by atoms with E-state index in [1.165, 1.54) is 0 Å². The number of anilines is 2. The zero-order valence-electron chi connectivity index (χ0n) is 14.2. The highest BCUT2D eigenvalue weighted by atomic mass is 32.1. The molecule has 0 aliphatic heterocycles. The van der Waals surface area contributed by atoms with Gasteiger partial charge in [-0.15, -0.1) is 11.3 Å². The number of esters is 1. The number of thiazole rings is 1. The SMILES string of the molecule is CCOC(=O)c1ccc(Nc2nccc(-c3sc(C)nc3C)n2)cc1. The van der Waals surface area contributed by atoms with E-state index in [0.29, 0.717) is 18.1 Å². The van der Waals surface area contributed by atoms with E-state index >= 15 is 0 Å². The molecule has 0 saturated heterocycles. The van der Waals surface area contributed by atoms with Crippen LogP contribution in [0.15, 0.2) is 36.5 Å². The summed E-state index contributed by atoms with van der Waals surface area (Å²) >= 11 is 1.61. The number of benzene rings is 1. The van der Waals surface area contributed by atoms with Gasteiger partial charge < -0.3 is 10.1 Å². The Morgan fingerprint density at radius 2 is 1.92 bits per heavy atom. The molecular formula is C18H18N4O2S. The van der Waals surface area contributed by atoms with Gasteiger partial charge >= 0.3 is 5.97 Å². The summed E-state index contributed by atoms with van der Waals surface area (Å²) in [6.45, 7) is 6.09. The number of nitrogens with one attached hydrogen (secondary N) is 1. The Balaban J connectivity index is 1.78. The van der Waals surface area contributed by atoms with Gasteiger partial charge in [0.05, 0.1) is 33.4 Å². The fourth-order valence-electron chi connectivity index (χ4n) is 2.35. The average molecular weight is 354 g/mol. The van der Waals surface area contributed by atoms with Gasteiger partial charge in [-0.05, 0) is 51.1 Å². The zero-order valence-corrected chi connectivity index (χ0v) is 15.1. The molecule has 7 heteroatoms. The van der Waals surface area contributed by atoms with Crippen LogP contribution >= 0.6 is 11.3 Å². The van der Waals surface area contributed by atoms with Crippen molar-refractivity contribution in [3.05, 3.63) is 52.8 Å². The number of hydrogen-bond donors (Lipinski definition) is 1. The summed E-state index contributed by atoms with van der Waals surface area (Å²) in [4.78, 5) is 26.0. The second kappa shape index (κ2) is 7.40. The molecule has 0 bridgehead atoms. The molecule has 2 heterocycles. The van der Waals surface area contributed by atoms with Crippen LogP contribution in [-0.4, -0.2) is 27.5 Å². The van der Waals surface area contributed by atoms with Crippen molar-refractivity contribution >= 4 is 28.9 Å². The van der Waals surface area contributed by atoms with E-state index in [2.05, 4.69) is 20.3 Å². The van der Waals surface area contributed by atoms with Gasteiger partial charge in [-0.1, -0.05) is 0 Å². The molecule has 25 heavy (non-hydrogen) atoms. The molecule has 2 aromatic heterocycles. The number of hydrogen-bond acceptors (Lipinski definition) is 7. The molecular weight excluding hydrogens is 336 g/mol. The van der Waals surface area contributed by atoms with Crippen molar-refractivity contribution in [3.63, 3.8) is 0 Å². The predicted octanol–water partition coefficient (Wildman–Crippen LogP) is 4.14. The number of aryl methyl sites for hydroxylation is 2. The number of aromatic nitrogens is 3. The summed E-state index contributed by atoms with van der Waals surface area (Å²) in [5, 5.41) is 4.16. The van der Waals surface area contributed by atoms with Crippen LogP contribution in [0, 0.1) is 13.8 Å². The number of rotatable bonds is 5. The Labute approximate surface area is 149 Å². The summed E-state index contributed by atoms with van der Waals surface area (Å²) in [5.41, 5.74) is 3.11. The lowest BCUT2D eigenvalue weighted by Gasteiger charge is -2.07. The van der Waals surface area contributed by atoms with Gasteiger partial charge in [-0.2, -0.15) is 0 Å². The summed E-state index contributed by atoms with van der Waals surface area (Å²) in [6, 6.07) is 8.88. The summed E-state index contributed by atoms with van der Waals surface area (Å²) < 4.78 is 4.98. The second-order valence-electron chi connectivity index (χ2n) is 5.34. The number of ether oxygens (including phenoxy) is 1. The van der Waals surface area contributed by atoms with Crippen LogP contribution in [0.4, 0.5) is 11.6 Å². The first-order valence-electron chi connectivity index (χ1n) is 7.88. The topological polar surface area (TPSA) is 77.0 Å². The number of nitrogens with zero attached hydrogens (tertiary/aromatic N) is 3. The van der Waals surface area contributed by atoms with Crippen LogP contribution in [0.25, 0.3) is 10.6 Å². The highest BCUT2D eigenvalue weighted by Gasteiger charge is 2.10. The van der Waals surface area contributed by atoms with Gasteiger partial charge in [0.25, 0.3) is 0 Å². The molecule has 0 spiro atoms. The summed E-state index contributed by atoms with van der Waals surface area (Å²) in [6.07, 6.45) is 1.71. The Morgan fingerprint density at radius 3 is 2.56 bits per heavy atom. The fraction of sp³-hybridized carbons (Fsp3) is 0.222. The molecule has 0 atom stereocenters. The fourth-order valence-corrected chi connectivity index (χ4v) is 3.24. The van der Waals surface area contributed by atoms with E-state index in [1.54, 1.807) is 48.7 Å². The monoisotopic (exact) mass is 354 g/mol.